The SMILES string of the molecule is c1ccc(-c2nc(-c3ccc4oc5ccc6c7ccccc7n(-c7ccccc7)c6c5c4c3)nc(-c3cccc4sc5ccccc5c34)n2)cc1. The van der Waals surface area contributed by atoms with Crippen molar-refractivity contribution in [2.24, 2.45) is 0 Å². The zero-order valence-electron chi connectivity index (χ0n) is 27.1. The number of aromatic nitrogens is 4. The quantitative estimate of drug-likeness (QED) is 0.187. The second-order valence-electron chi connectivity index (χ2n) is 12.8. The molecule has 4 aromatic heterocycles. The summed E-state index contributed by atoms with van der Waals surface area (Å²) in [5, 5.41) is 6.84. The van der Waals surface area contributed by atoms with Crippen LogP contribution in [0.3, 0.4) is 0 Å². The van der Waals surface area contributed by atoms with Crippen LogP contribution in [0.4, 0.5) is 0 Å². The number of hydrogen-bond donors (Lipinski definition) is 0. The molecule has 11 aromatic rings. The molecule has 5 nitrogen and oxygen atoms in total. The molecule has 11 rings (SSSR count). The zero-order valence-corrected chi connectivity index (χ0v) is 27.9. The summed E-state index contributed by atoms with van der Waals surface area (Å²) < 4.78 is 11.3. The minimum atomic E-state index is 0.613. The molecule has 0 N–H and O–H groups in total. The standard InChI is InChI=1S/C45H26N4OS/c1-3-12-27(13-4-1)43-46-44(48-45(47-43)33-18-11-21-39-40(33)32-17-8-10-20-38(32)51-39)28-22-24-36-34(26-28)41-37(50-36)25-23-31-30-16-7-9-19-35(30)49(42(31)41)29-14-5-2-6-15-29/h1-26H. The minimum absolute atomic E-state index is 0.613. The molecule has 7 aromatic carbocycles. The molecule has 0 unspecified atom stereocenters. The molecule has 0 aliphatic rings. The van der Waals surface area contributed by atoms with Gasteiger partial charge < -0.3 is 8.98 Å². The van der Waals surface area contributed by atoms with Crippen LogP contribution in [0.15, 0.2) is 162 Å². The van der Waals surface area contributed by atoms with Crippen molar-refractivity contribution in [2.75, 3.05) is 0 Å². The van der Waals surface area contributed by atoms with E-state index in [4.69, 9.17) is 19.4 Å². The highest BCUT2D eigenvalue weighted by atomic mass is 32.1. The van der Waals surface area contributed by atoms with E-state index in [9.17, 15) is 0 Å². The number of fused-ring (bicyclic) bond motifs is 10. The molecule has 6 heteroatoms. The first-order chi connectivity index (χ1) is 25.3. The Labute approximate surface area is 295 Å². The van der Waals surface area contributed by atoms with Crippen molar-refractivity contribution >= 4 is 75.3 Å². The largest absolute Gasteiger partial charge is 0.456 e. The van der Waals surface area contributed by atoms with E-state index in [-0.39, 0.29) is 0 Å². The van der Waals surface area contributed by atoms with Crippen LogP contribution in [-0.4, -0.2) is 19.5 Å². The maximum absolute atomic E-state index is 6.54. The van der Waals surface area contributed by atoms with Crippen LogP contribution in [0.2, 0.25) is 0 Å². The number of thiophene rings is 1. The van der Waals surface area contributed by atoms with Crippen molar-refractivity contribution in [3.8, 4) is 39.9 Å². The Morgan fingerprint density at radius 1 is 0.451 bits per heavy atom. The van der Waals surface area contributed by atoms with Gasteiger partial charge in [0, 0.05) is 58.7 Å². The van der Waals surface area contributed by atoms with Crippen molar-refractivity contribution in [3.05, 3.63) is 158 Å². The lowest BCUT2D eigenvalue weighted by Gasteiger charge is -2.10. The zero-order chi connectivity index (χ0) is 33.5. The fourth-order valence-corrected chi connectivity index (χ4v) is 8.74. The van der Waals surface area contributed by atoms with E-state index in [1.165, 1.54) is 30.9 Å². The fourth-order valence-electron chi connectivity index (χ4n) is 7.60. The third-order valence-electron chi connectivity index (χ3n) is 9.85. The van der Waals surface area contributed by atoms with E-state index in [0.717, 1.165) is 55.3 Å². The van der Waals surface area contributed by atoms with Crippen LogP contribution in [0.1, 0.15) is 0 Å². The lowest BCUT2D eigenvalue weighted by atomic mass is 10.0. The van der Waals surface area contributed by atoms with Crippen LogP contribution in [0.5, 0.6) is 0 Å². The highest BCUT2D eigenvalue weighted by Gasteiger charge is 2.21. The Hall–Kier alpha value is -6.63. The smallest absolute Gasteiger partial charge is 0.164 e. The van der Waals surface area contributed by atoms with Crippen LogP contribution in [0, 0.1) is 0 Å². The second kappa shape index (κ2) is 10.9. The lowest BCUT2D eigenvalue weighted by Crippen LogP contribution is -2.00. The van der Waals surface area contributed by atoms with Gasteiger partial charge in [-0.25, -0.2) is 15.0 Å². The van der Waals surface area contributed by atoms with E-state index in [1.807, 2.05) is 24.3 Å². The van der Waals surface area contributed by atoms with Crippen molar-refractivity contribution in [2.45, 2.75) is 0 Å². The van der Waals surface area contributed by atoms with Gasteiger partial charge in [-0.15, -0.1) is 11.3 Å². The van der Waals surface area contributed by atoms with E-state index < -0.39 is 0 Å². The first-order valence-corrected chi connectivity index (χ1v) is 17.8. The van der Waals surface area contributed by atoms with Crippen LogP contribution in [-0.2, 0) is 0 Å². The Bertz CT molecular complexity index is 3140. The average molecular weight is 671 g/mol. The summed E-state index contributed by atoms with van der Waals surface area (Å²) in [6.45, 7) is 0. The van der Waals surface area contributed by atoms with Gasteiger partial charge in [0.05, 0.1) is 16.4 Å². The Kier molecular flexibility index (Phi) is 6.05. The number of furan rings is 1. The van der Waals surface area contributed by atoms with Crippen molar-refractivity contribution in [1.29, 1.82) is 0 Å². The monoisotopic (exact) mass is 670 g/mol. The minimum Gasteiger partial charge on any atom is -0.456 e. The Morgan fingerprint density at radius 2 is 1.14 bits per heavy atom. The molecule has 238 valence electrons. The van der Waals surface area contributed by atoms with E-state index in [1.54, 1.807) is 11.3 Å². The van der Waals surface area contributed by atoms with Crippen molar-refractivity contribution in [3.63, 3.8) is 0 Å². The van der Waals surface area contributed by atoms with Gasteiger partial charge in [-0.2, -0.15) is 0 Å². The third-order valence-corrected chi connectivity index (χ3v) is 11.0. The van der Waals surface area contributed by atoms with Gasteiger partial charge >= 0.3 is 0 Å². The van der Waals surface area contributed by atoms with Gasteiger partial charge in [0.15, 0.2) is 17.5 Å². The maximum atomic E-state index is 6.54. The van der Waals surface area contributed by atoms with Crippen molar-refractivity contribution < 1.29 is 4.42 Å². The predicted octanol–water partition coefficient (Wildman–Crippen LogP) is 12.2. The summed E-state index contributed by atoms with van der Waals surface area (Å²) >= 11 is 1.79. The summed E-state index contributed by atoms with van der Waals surface area (Å²) in [5.74, 6) is 1.90. The predicted molar refractivity (Wildman–Crippen MR) is 211 cm³/mol. The molecule has 0 bridgehead atoms. The summed E-state index contributed by atoms with van der Waals surface area (Å²) in [6.07, 6.45) is 0. The van der Waals surface area contributed by atoms with Gasteiger partial charge in [-0.3, -0.25) is 0 Å². The van der Waals surface area contributed by atoms with Crippen molar-refractivity contribution in [1.82, 2.24) is 19.5 Å². The van der Waals surface area contributed by atoms with Crippen LogP contribution < -0.4 is 0 Å². The average Bonchev–Trinajstić information content (AvgIpc) is 3.87. The van der Waals surface area contributed by atoms with Gasteiger partial charge in [0.25, 0.3) is 0 Å². The molecule has 0 amide bonds. The normalized spacial score (nSPS) is 11.9. The number of para-hydroxylation sites is 2. The summed E-state index contributed by atoms with van der Waals surface area (Å²) in [7, 11) is 0. The van der Waals surface area contributed by atoms with Gasteiger partial charge in [-0.05, 0) is 60.7 Å². The molecule has 0 fully saturated rings. The van der Waals surface area contributed by atoms with Crippen LogP contribution >= 0.6 is 11.3 Å². The molecule has 0 spiro atoms. The van der Waals surface area contributed by atoms with E-state index >= 15 is 0 Å². The lowest BCUT2D eigenvalue weighted by molar-refractivity contribution is 0.669. The molecule has 0 aliphatic carbocycles. The van der Waals surface area contributed by atoms with Gasteiger partial charge in [0.1, 0.15) is 11.2 Å². The number of rotatable bonds is 4. The summed E-state index contributed by atoms with van der Waals surface area (Å²) in [6, 6.07) is 54.8. The topological polar surface area (TPSA) is 56.7 Å². The molecular formula is C45H26N4OS. The van der Waals surface area contributed by atoms with Gasteiger partial charge in [-0.1, -0.05) is 97.1 Å². The van der Waals surface area contributed by atoms with E-state index in [0.29, 0.717) is 17.5 Å². The third kappa shape index (κ3) is 4.30. The fraction of sp³-hybridized carbons (Fsp3) is 0. The van der Waals surface area contributed by atoms with E-state index in [2.05, 4.69) is 138 Å². The van der Waals surface area contributed by atoms with Gasteiger partial charge in [0.2, 0.25) is 0 Å². The summed E-state index contributed by atoms with van der Waals surface area (Å²) in [5.41, 5.74) is 7.86. The first-order valence-electron chi connectivity index (χ1n) is 16.9. The Balaban J connectivity index is 1.19. The highest BCUT2D eigenvalue weighted by molar-refractivity contribution is 7.25. The molecule has 0 saturated heterocycles. The summed E-state index contributed by atoms with van der Waals surface area (Å²) in [4.78, 5) is 15.4. The molecule has 0 aliphatic heterocycles. The second-order valence-corrected chi connectivity index (χ2v) is 13.9. The maximum Gasteiger partial charge on any atom is 0.164 e. The molecule has 51 heavy (non-hydrogen) atoms. The molecule has 0 atom stereocenters. The van der Waals surface area contributed by atoms with Crippen LogP contribution in [0.25, 0.3) is 104 Å². The molecule has 0 radical (unpaired) electrons. The Morgan fingerprint density at radius 3 is 2.00 bits per heavy atom. The molecule has 0 saturated carbocycles. The number of nitrogens with zero attached hydrogens (tertiary/aromatic N) is 4. The highest BCUT2D eigenvalue weighted by Crippen LogP contribution is 2.43. The molecular weight excluding hydrogens is 645 g/mol. The number of benzene rings is 7. The number of hydrogen-bond acceptors (Lipinski definition) is 5. The first kappa shape index (κ1) is 28.2. The molecule has 4 heterocycles.